The van der Waals surface area contributed by atoms with E-state index in [1.165, 1.54) is 12.1 Å². The summed E-state index contributed by atoms with van der Waals surface area (Å²) >= 11 is 0. The van der Waals surface area contributed by atoms with Crippen molar-refractivity contribution in [2.45, 2.75) is 31.8 Å². The molecule has 0 saturated heterocycles. The Balaban J connectivity index is 1.73. The Morgan fingerprint density at radius 2 is 1.56 bits per heavy atom. The van der Waals surface area contributed by atoms with Crippen molar-refractivity contribution in [2.24, 2.45) is 5.73 Å². The predicted octanol–water partition coefficient (Wildman–Crippen LogP) is 3.49. The number of rotatable bonds is 6. The number of alkyl halides is 3. The highest BCUT2D eigenvalue weighted by Gasteiger charge is 2.34. The third-order valence-electron chi connectivity index (χ3n) is 4.17. The molecule has 0 spiro atoms. The summed E-state index contributed by atoms with van der Waals surface area (Å²) in [6.45, 7) is 0.337. The van der Waals surface area contributed by atoms with Gasteiger partial charge in [0.05, 0.1) is 0 Å². The minimum atomic E-state index is -4.78. The number of halogens is 3. The lowest BCUT2D eigenvalue weighted by atomic mass is 10.1. The van der Waals surface area contributed by atoms with E-state index in [1.54, 1.807) is 29.2 Å². The summed E-state index contributed by atoms with van der Waals surface area (Å²) in [7, 11) is 0. The fourth-order valence-corrected chi connectivity index (χ4v) is 2.69. The van der Waals surface area contributed by atoms with Crippen LogP contribution < -0.4 is 10.5 Å². The summed E-state index contributed by atoms with van der Waals surface area (Å²) in [5.41, 5.74) is 6.71. The standard InChI is InChI=1S/C19H17F3N2O3/c20-19(21,22)27-16-9-5-14(6-10-16)18(26)24(15-7-8-15)11-12-1-3-13(4-2-12)17(23)25/h1-6,9-10,15H,7-8,11H2,(H2,23,25). The first kappa shape index (κ1) is 18.8. The van der Waals surface area contributed by atoms with E-state index in [2.05, 4.69) is 4.74 Å². The smallest absolute Gasteiger partial charge is 0.406 e. The summed E-state index contributed by atoms with van der Waals surface area (Å²) in [6.07, 6.45) is -3.02. The molecule has 3 rings (SSSR count). The van der Waals surface area contributed by atoms with Gasteiger partial charge in [-0.3, -0.25) is 9.59 Å². The lowest BCUT2D eigenvalue weighted by Crippen LogP contribution is -2.32. The van der Waals surface area contributed by atoms with Crippen molar-refractivity contribution >= 4 is 11.8 Å². The fraction of sp³-hybridized carbons (Fsp3) is 0.263. The van der Waals surface area contributed by atoms with Crippen molar-refractivity contribution in [3.63, 3.8) is 0 Å². The van der Waals surface area contributed by atoms with Crippen LogP contribution in [-0.4, -0.2) is 29.1 Å². The molecular weight excluding hydrogens is 361 g/mol. The maximum absolute atomic E-state index is 12.8. The lowest BCUT2D eigenvalue weighted by molar-refractivity contribution is -0.274. The van der Waals surface area contributed by atoms with Gasteiger partial charge in [-0.25, -0.2) is 0 Å². The van der Waals surface area contributed by atoms with E-state index in [-0.39, 0.29) is 23.3 Å². The van der Waals surface area contributed by atoms with Gasteiger partial charge in [-0.2, -0.15) is 0 Å². The first-order valence-electron chi connectivity index (χ1n) is 8.28. The molecule has 1 fully saturated rings. The number of hydrogen-bond donors (Lipinski definition) is 1. The van der Waals surface area contributed by atoms with Crippen molar-refractivity contribution < 1.29 is 27.5 Å². The second-order valence-corrected chi connectivity index (χ2v) is 6.30. The number of primary amides is 1. The first-order chi connectivity index (χ1) is 12.7. The van der Waals surface area contributed by atoms with Gasteiger partial charge in [0.2, 0.25) is 5.91 Å². The van der Waals surface area contributed by atoms with Gasteiger partial charge < -0.3 is 15.4 Å². The molecule has 27 heavy (non-hydrogen) atoms. The Morgan fingerprint density at radius 1 is 1.00 bits per heavy atom. The van der Waals surface area contributed by atoms with E-state index in [9.17, 15) is 22.8 Å². The molecule has 1 saturated carbocycles. The van der Waals surface area contributed by atoms with E-state index in [0.717, 1.165) is 30.5 Å². The number of benzene rings is 2. The Bertz CT molecular complexity index is 829. The number of amides is 2. The van der Waals surface area contributed by atoms with Crippen molar-refractivity contribution in [1.82, 2.24) is 4.90 Å². The molecule has 1 aliphatic carbocycles. The minimum absolute atomic E-state index is 0.0967. The fourth-order valence-electron chi connectivity index (χ4n) is 2.69. The molecule has 2 aromatic carbocycles. The maximum atomic E-state index is 12.8. The van der Waals surface area contributed by atoms with E-state index >= 15 is 0 Å². The molecule has 0 aliphatic heterocycles. The van der Waals surface area contributed by atoms with Crippen molar-refractivity contribution in [1.29, 1.82) is 0 Å². The molecule has 142 valence electrons. The van der Waals surface area contributed by atoms with Crippen LogP contribution in [0.4, 0.5) is 13.2 Å². The monoisotopic (exact) mass is 378 g/mol. The van der Waals surface area contributed by atoms with Crippen LogP contribution in [0.1, 0.15) is 39.1 Å². The number of hydrogen-bond acceptors (Lipinski definition) is 3. The van der Waals surface area contributed by atoms with Gasteiger partial charge >= 0.3 is 6.36 Å². The maximum Gasteiger partial charge on any atom is 0.573 e. The summed E-state index contributed by atoms with van der Waals surface area (Å²) in [5.74, 6) is -1.17. The van der Waals surface area contributed by atoms with E-state index in [1.807, 2.05) is 0 Å². The normalized spacial score (nSPS) is 13.9. The van der Waals surface area contributed by atoms with Gasteiger partial charge in [0.25, 0.3) is 5.91 Å². The van der Waals surface area contributed by atoms with E-state index < -0.39 is 12.3 Å². The SMILES string of the molecule is NC(=O)c1ccc(CN(C(=O)c2ccc(OC(F)(F)F)cc2)C2CC2)cc1. The molecule has 1 aliphatic rings. The lowest BCUT2D eigenvalue weighted by Gasteiger charge is -2.23. The van der Waals surface area contributed by atoms with Crippen molar-refractivity contribution in [3.8, 4) is 5.75 Å². The van der Waals surface area contributed by atoms with Crippen molar-refractivity contribution in [3.05, 3.63) is 65.2 Å². The second-order valence-electron chi connectivity index (χ2n) is 6.30. The van der Waals surface area contributed by atoms with Gasteiger partial charge in [0.15, 0.2) is 0 Å². The van der Waals surface area contributed by atoms with Crippen LogP contribution in [0.5, 0.6) is 5.75 Å². The molecule has 5 nitrogen and oxygen atoms in total. The number of carbonyl (C=O) groups excluding carboxylic acids is 2. The average Bonchev–Trinajstić information content (AvgIpc) is 3.44. The molecule has 0 radical (unpaired) electrons. The summed E-state index contributed by atoms with van der Waals surface area (Å²) in [6, 6.07) is 11.6. The topological polar surface area (TPSA) is 72.6 Å². The first-order valence-corrected chi connectivity index (χ1v) is 8.28. The number of nitrogens with two attached hydrogens (primary N) is 1. The van der Waals surface area contributed by atoms with Crippen LogP contribution in [0.3, 0.4) is 0 Å². The van der Waals surface area contributed by atoms with E-state index in [4.69, 9.17) is 5.73 Å². The van der Waals surface area contributed by atoms with Gasteiger partial charge in [-0.15, -0.1) is 13.2 Å². The van der Waals surface area contributed by atoms with Gasteiger partial charge in [-0.05, 0) is 54.8 Å². The third kappa shape index (κ3) is 4.99. The molecule has 0 bridgehead atoms. The number of carbonyl (C=O) groups is 2. The summed E-state index contributed by atoms with van der Waals surface area (Å²) in [5, 5.41) is 0. The highest BCUT2D eigenvalue weighted by Crippen LogP contribution is 2.30. The zero-order valence-corrected chi connectivity index (χ0v) is 14.2. The van der Waals surface area contributed by atoms with Gasteiger partial charge in [0.1, 0.15) is 5.75 Å². The molecule has 0 atom stereocenters. The minimum Gasteiger partial charge on any atom is -0.406 e. The molecule has 2 N–H and O–H groups in total. The van der Waals surface area contributed by atoms with Crippen LogP contribution in [-0.2, 0) is 6.54 Å². The quantitative estimate of drug-likeness (QED) is 0.836. The Kier molecular flexibility index (Phi) is 5.07. The summed E-state index contributed by atoms with van der Waals surface area (Å²) < 4.78 is 40.5. The predicted molar refractivity (Wildman–Crippen MR) is 91.0 cm³/mol. The second kappa shape index (κ2) is 7.30. The molecule has 0 heterocycles. The number of nitrogens with zero attached hydrogens (tertiary/aromatic N) is 1. The average molecular weight is 378 g/mol. The van der Waals surface area contributed by atoms with Crippen molar-refractivity contribution in [2.75, 3.05) is 0 Å². The van der Waals surface area contributed by atoms with Crippen LogP contribution in [0.15, 0.2) is 48.5 Å². The Morgan fingerprint density at radius 3 is 2.04 bits per heavy atom. The Hall–Kier alpha value is -3.03. The largest absolute Gasteiger partial charge is 0.573 e. The van der Waals surface area contributed by atoms with E-state index in [0.29, 0.717) is 12.1 Å². The van der Waals surface area contributed by atoms with Gasteiger partial charge in [-0.1, -0.05) is 12.1 Å². The summed E-state index contributed by atoms with van der Waals surface area (Å²) in [4.78, 5) is 25.6. The van der Waals surface area contributed by atoms with Crippen LogP contribution in [0.2, 0.25) is 0 Å². The Labute approximate surface area is 153 Å². The molecular formula is C19H17F3N2O3. The molecule has 0 aromatic heterocycles. The molecule has 8 heteroatoms. The highest BCUT2D eigenvalue weighted by atomic mass is 19.4. The highest BCUT2D eigenvalue weighted by molar-refractivity contribution is 5.95. The number of ether oxygens (including phenoxy) is 1. The van der Waals surface area contributed by atoms with Crippen LogP contribution in [0, 0.1) is 0 Å². The van der Waals surface area contributed by atoms with Crippen LogP contribution in [0.25, 0.3) is 0 Å². The van der Waals surface area contributed by atoms with Crippen LogP contribution >= 0.6 is 0 Å². The zero-order chi connectivity index (χ0) is 19.6. The molecule has 2 aromatic rings. The molecule has 2 amide bonds. The molecule has 0 unspecified atom stereocenters. The third-order valence-corrected chi connectivity index (χ3v) is 4.17. The zero-order valence-electron chi connectivity index (χ0n) is 14.2. The van der Waals surface area contributed by atoms with Gasteiger partial charge in [0, 0.05) is 23.7 Å².